The molecule has 0 aliphatic heterocycles. The van der Waals surface area contributed by atoms with Crippen LogP contribution >= 0.6 is 0 Å². The molecule has 148 valence electrons. The first-order chi connectivity index (χ1) is 13.8. The molecule has 7 heteroatoms. The summed E-state index contributed by atoms with van der Waals surface area (Å²) in [6.45, 7) is 8.51. The third kappa shape index (κ3) is 3.51. The van der Waals surface area contributed by atoms with Crippen LogP contribution < -0.4 is 11.1 Å². The van der Waals surface area contributed by atoms with Gasteiger partial charge in [0.1, 0.15) is 0 Å². The van der Waals surface area contributed by atoms with Crippen molar-refractivity contribution in [3.8, 4) is 22.8 Å². The number of fused-ring (bicyclic) bond motifs is 1. The van der Waals surface area contributed by atoms with Crippen molar-refractivity contribution in [2.45, 2.75) is 34.2 Å². The fraction of sp³-hybridized carbons (Fsp3) is 0.273. The first kappa shape index (κ1) is 18.9. The van der Waals surface area contributed by atoms with Crippen molar-refractivity contribution < 1.29 is 4.52 Å². The molecule has 0 atom stereocenters. The average Bonchev–Trinajstić information content (AvgIpc) is 3.14. The van der Waals surface area contributed by atoms with Gasteiger partial charge in [-0.2, -0.15) is 4.98 Å². The molecule has 0 fully saturated rings. The monoisotopic (exact) mass is 390 g/mol. The lowest BCUT2D eigenvalue weighted by Gasteiger charge is -2.12. The Hall–Kier alpha value is -3.48. The molecule has 2 heterocycles. The molecule has 0 aliphatic rings. The van der Waals surface area contributed by atoms with Crippen molar-refractivity contribution >= 4 is 11.0 Å². The third-order valence-electron chi connectivity index (χ3n) is 4.82. The smallest absolute Gasteiger partial charge is 0.316 e. The number of nitrogens with zero attached hydrogens (tertiary/aromatic N) is 3. The molecule has 7 nitrogen and oxygen atoms in total. The quantitative estimate of drug-likeness (QED) is 0.537. The molecule has 0 aliphatic carbocycles. The normalized spacial score (nSPS) is 11.5. The summed E-state index contributed by atoms with van der Waals surface area (Å²) < 4.78 is 6.98. The van der Waals surface area contributed by atoms with E-state index in [1.807, 2.05) is 45.9 Å². The van der Waals surface area contributed by atoms with Gasteiger partial charge in [0.2, 0.25) is 5.82 Å². The summed E-state index contributed by atoms with van der Waals surface area (Å²) in [5.74, 6) is 1.09. The molecule has 0 saturated heterocycles. The maximum absolute atomic E-state index is 12.3. The maximum Gasteiger partial charge on any atom is 0.316 e. The number of hydrogen-bond donors (Lipinski definition) is 1. The van der Waals surface area contributed by atoms with Gasteiger partial charge in [0, 0.05) is 17.7 Å². The molecule has 4 rings (SSSR count). The van der Waals surface area contributed by atoms with E-state index >= 15 is 0 Å². The Morgan fingerprint density at radius 2 is 1.90 bits per heavy atom. The number of aryl methyl sites for hydroxylation is 2. The van der Waals surface area contributed by atoms with Gasteiger partial charge in [-0.25, -0.2) is 0 Å². The molecule has 2 aromatic heterocycles. The molecule has 2 aromatic carbocycles. The molecule has 29 heavy (non-hydrogen) atoms. The SMILES string of the molecule is Cc1ccc(-c2nc(-c3ccc4c(c3)[nH]c(=O)c(=O)n4CC(C)C)no2)c(C)c1. The van der Waals surface area contributed by atoms with Gasteiger partial charge in [-0.15, -0.1) is 0 Å². The molecule has 0 bridgehead atoms. The summed E-state index contributed by atoms with van der Waals surface area (Å²) in [7, 11) is 0. The van der Waals surface area contributed by atoms with Crippen LogP contribution in [0.4, 0.5) is 0 Å². The fourth-order valence-corrected chi connectivity index (χ4v) is 3.47. The van der Waals surface area contributed by atoms with E-state index in [1.165, 1.54) is 4.57 Å². The minimum Gasteiger partial charge on any atom is -0.334 e. The second-order valence-corrected chi connectivity index (χ2v) is 7.74. The summed E-state index contributed by atoms with van der Waals surface area (Å²) >= 11 is 0. The lowest BCUT2D eigenvalue weighted by Crippen LogP contribution is -2.37. The second-order valence-electron chi connectivity index (χ2n) is 7.74. The van der Waals surface area contributed by atoms with Crippen molar-refractivity contribution in [3.63, 3.8) is 0 Å². The molecule has 0 unspecified atom stereocenters. The van der Waals surface area contributed by atoms with Crippen LogP contribution in [0.5, 0.6) is 0 Å². The van der Waals surface area contributed by atoms with Gasteiger partial charge in [-0.05, 0) is 49.6 Å². The van der Waals surface area contributed by atoms with E-state index in [9.17, 15) is 9.59 Å². The van der Waals surface area contributed by atoms with Crippen LogP contribution in [0.2, 0.25) is 0 Å². The van der Waals surface area contributed by atoms with Crippen molar-refractivity contribution in [2.75, 3.05) is 0 Å². The minimum atomic E-state index is -0.639. The number of nitrogens with one attached hydrogen (secondary N) is 1. The summed E-state index contributed by atoms with van der Waals surface area (Å²) in [6.07, 6.45) is 0. The Morgan fingerprint density at radius 1 is 1.10 bits per heavy atom. The van der Waals surface area contributed by atoms with Gasteiger partial charge in [-0.1, -0.05) is 36.7 Å². The van der Waals surface area contributed by atoms with Crippen LogP contribution in [0.25, 0.3) is 33.9 Å². The van der Waals surface area contributed by atoms with Gasteiger partial charge in [0.25, 0.3) is 5.89 Å². The van der Waals surface area contributed by atoms with Crippen LogP contribution in [0.15, 0.2) is 50.5 Å². The van der Waals surface area contributed by atoms with E-state index in [2.05, 4.69) is 21.2 Å². The Labute approximate surface area is 167 Å². The van der Waals surface area contributed by atoms with Crippen LogP contribution in [0.3, 0.4) is 0 Å². The number of benzene rings is 2. The van der Waals surface area contributed by atoms with Crippen LogP contribution in [0, 0.1) is 19.8 Å². The number of rotatable bonds is 4. The highest BCUT2D eigenvalue weighted by Crippen LogP contribution is 2.26. The van der Waals surface area contributed by atoms with Gasteiger partial charge >= 0.3 is 11.1 Å². The summed E-state index contributed by atoms with van der Waals surface area (Å²) in [5, 5.41) is 4.10. The molecule has 4 aromatic rings. The Kier molecular flexibility index (Phi) is 4.66. The zero-order valence-corrected chi connectivity index (χ0v) is 16.8. The number of aromatic nitrogens is 4. The lowest BCUT2D eigenvalue weighted by atomic mass is 10.1. The standard InChI is InChI=1S/C22H22N4O3/c1-12(2)11-26-18-8-6-15(10-17(18)23-20(27)22(26)28)19-24-21(29-25-19)16-7-5-13(3)9-14(16)4/h5-10,12H,11H2,1-4H3,(H,23,27). The summed E-state index contributed by atoms with van der Waals surface area (Å²) in [6, 6.07) is 11.4. The molecule has 1 N–H and O–H groups in total. The van der Waals surface area contributed by atoms with Crippen LogP contribution in [-0.2, 0) is 6.54 Å². The van der Waals surface area contributed by atoms with E-state index in [1.54, 1.807) is 12.1 Å². The zero-order chi connectivity index (χ0) is 20.7. The first-order valence-electron chi connectivity index (χ1n) is 9.52. The highest BCUT2D eigenvalue weighted by molar-refractivity contribution is 5.80. The van der Waals surface area contributed by atoms with Gasteiger partial charge in [-0.3, -0.25) is 9.59 Å². The molecular formula is C22H22N4O3. The van der Waals surface area contributed by atoms with Gasteiger partial charge < -0.3 is 14.1 Å². The molecule has 0 radical (unpaired) electrons. The predicted octanol–water partition coefficient (Wildman–Crippen LogP) is 3.68. The molecule has 0 spiro atoms. The molecular weight excluding hydrogens is 368 g/mol. The summed E-state index contributed by atoms with van der Waals surface area (Å²) in [4.78, 5) is 31.5. The highest BCUT2D eigenvalue weighted by atomic mass is 16.5. The van der Waals surface area contributed by atoms with Crippen molar-refractivity contribution in [1.82, 2.24) is 19.7 Å². The van der Waals surface area contributed by atoms with E-state index in [-0.39, 0.29) is 5.92 Å². The largest absolute Gasteiger partial charge is 0.334 e. The van der Waals surface area contributed by atoms with E-state index in [0.29, 0.717) is 34.9 Å². The van der Waals surface area contributed by atoms with E-state index in [0.717, 1.165) is 16.7 Å². The lowest BCUT2D eigenvalue weighted by molar-refractivity contribution is 0.432. The zero-order valence-electron chi connectivity index (χ0n) is 16.8. The van der Waals surface area contributed by atoms with Crippen molar-refractivity contribution in [1.29, 1.82) is 0 Å². The average molecular weight is 390 g/mol. The second kappa shape index (κ2) is 7.16. The highest BCUT2D eigenvalue weighted by Gasteiger charge is 2.15. The number of hydrogen-bond acceptors (Lipinski definition) is 5. The minimum absolute atomic E-state index is 0.231. The molecule has 0 amide bonds. The Morgan fingerprint density at radius 3 is 2.62 bits per heavy atom. The maximum atomic E-state index is 12.3. The van der Waals surface area contributed by atoms with E-state index < -0.39 is 11.1 Å². The van der Waals surface area contributed by atoms with Crippen molar-refractivity contribution in [2.24, 2.45) is 5.92 Å². The summed E-state index contributed by atoms with van der Waals surface area (Å²) in [5.41, 5.74) is 3.85. The van der Waals surface area contributed by atoms with Crippen LogP contribution in [-0.4, -0.2) is 19.7 Å². The Balaban J connectivity index is 1.80. The third-order valence-corrected chi connectivity index (χ3v) is 4.82. The number of aromatic amines is 1. The first-order valence-corrected chi connectivity index (χ1v) is 9.52. The fourth-order valence-electron chi connectivity index (χ4n) is 3.47. The van der Waals surface area contributed by atoms with Gasteiger partial charge in [0.15, 0.2) is 0 Å². The Bertz CT molecular complexity index is 1330. The molecule has 0 saturated carbocycles. The predicted molar refractivity (Wildman–Crippen MR) is 112 cm³/mol. The van der Waals surface area contributed by atoms with Crippen LogP contribution in [0.1, 0.15) is 25.0 Å². The van der Waals surface area contributed by atoms with Gasteiger partial charge in [0.05, 0.1) is 11.0 Å². The van der Waals surface area contributed by atoms with E-state index in [4.69, 9.17) is 4.52 Å². The number of H-pyrrole nitrogens is 1. The van der Waals surface area contributed by atoms with Crippen molar-refractivity contribution in [3.05, 3.63) is 68.2 Å². The topological polar surface area (TPSA) is 93.8 Å².